The predicted octanol–water partition coefficient (Wildman–Crippen LogP) is 5.08. The lowest BCUT2D eigenvalue weighted by atomic mass is 9.93. The van der Waals surface area contributed by atoms with E-state index in [0.29, 0.717) is 80.2 Å². The molecule has 0 bridgehead atoms. The van der Waals surface area contributed by atoms with Gasteiger partial charge < -0.3 is 29.8 Å². The van der Waals surface area contributed by atoms with Crippen molar-refractivity contribution in [2.75, 3.05) is 57.8 Å². The number of methoxy groups -OCH3 is 1. The van der Waals surface area contributed by atoms with Crippen LogP contribution in [0.15, 0.2) is 73.2 Å². The number of benzene rings is 2. The second-order valence-corrected chi connectivity index (χ2v) is 14.0. The SMILES string of the molecule is COc1cc(F)cnc1N1CCN(C(=O)c2cc3c(-c4cccc(-n5nc(C)cc5C)c4)cc(C4=CCCN(C(=O)CCN5C=CNN5)C4)c(F)c3[nH]2)CC1. The van der Waals surface area contributed by atoms with Crippen LogP contribution in [0.5, 0.6) is 5.75 Å². The Morgan fingerprint density at radius 1 is 0.964 bits per heavy atom. The molecule has 13 nitrogen and oxygen atoms in total. The maximum atomic E-state index is 16.9. The second kappa shape index (κ2) is 14.9. The molecule has 2 amide bonds. The summed E-state index contributed by atoms with van der Waals surface area (Å²) in [4.78, 5) is 40.2. The molecule has 0 saturated carbocycles. The lowest BCUT2D eigenvalue weighted by Gasteiger charge is -2.35. The van der Waals surface area contributed by atoms with Gasteiger partial charge in [-0.1, -0.05) is 18.2 Å². The van der Waals surface area contributed by atoms with Gasteiger partial charge >= 0.3 is 0 Å². The van der Waals surface area contributed by atoms with Crippen molar-refractivity contribution in [3.8, 4) is 22.6 Å². The van der Waals surface area contributed by atoms with Crippen molar-refractivity contribution in [2.45, 2.75) is 26.7 Å². The van der Waals surface area contributed by atoms with E-state index in [1.807, 2.05) is 72.1 Å². The van der Waals surface area contributed by atoms with Gasteiger partial charge in [0.05, 0.1) is 30.2 Å². The molecule has 1 fully saturated rings. The Balaban J connectivity index is 1.12. The molecule has 15 heteroatoms. The number of rotatable bonds is 9. The summed E-state index contributed by atoms with van der Waals surface area (Å²) in [6.45, 7) is 6.89. The number of hydrogen-bond acceptors (Lipinski definition) is 9. The van der Waals surface area contributed by atoms with Gasteiger partial charge in [0, 0.05) is 87.3 Å². The van der Waals surface area contributed by atoms with Gasteiger partial charge in [-0.3, -0.25) is 14.6 Å². The van der Waals surface area contributed by atoms with E-state index in [1.54, 1.807) is 27.1 Å². The number of H-pyrrole nitrogens is 1. The highest BCUT2D eigenvalue weighted by Gasteiger charge is 2.29. The Hall–Kier alpha value is -6.22. The smallest absolute Gasteiger partial charge is 0.270 e. The van der Waals surface area contributed by atoms with Gasteiger partial charge in [0.25, 0.3) is 5.91 Å². The van der Waals surface area contributed by atoms with E-state index < -0.39 is 11.6 Å². The predicted molar refractivity (Wildman–Crippen MR) is 205 cm³/mol. The third kappa shape index (κ3) is 7.10. The summed E-state index contributed by atoms with van der Waals surface area (Å²) in [6, 6.07) is 14.8. The molecule has 0 aliphatic carbocycles. The van der Waals surface area contributed by atoms with Crippen LogP contribution < -0.4 is 20.6 Å². The fraction of sp³-hybridized carbons (Fsp3) is 0.300. The van der Waals surface area contributed by atoms with Crippen LogP contribution in [-0.4, -0.2) is 99.3 Å². The number of nitrogens with one attached hydrogen (secondary N) is 3. The molecule has 6 heterocycles. The van der Waals surface area contributed by atoms with Gasteiger partial charge in [-0.2, -0.15) is 5.10 Å². The molecule has 3 aliphatic rings. The number of nitrogens with zero attached hydrogens (tertiary/aromatic N) is 7. The highest BCUT2D eigenvalue weighted by atomic mass is 19.1. The summed E-state index contributed by atoms with van der Waals surface area (Å²) in [7, 11) is 1.47. The van der Waals surface area contributed by atoms with E-state index in [0.717, 1.165) is 34.4 Å². The molecule has 0 unspecified atom stereocenters. The monoisotopic (exact) mass is 748 g/mol. The van der Waals surface area contributed by atoms with Crippen molar-refractivity contribution < 1.29 is 23.1 Å². The zero-order chi connectivity index (χ0) is 38.2. The number of piperazine rings is 1. The summed E-state index contributed by atoms with van der Waals surface area (Å²) in [6.07, 6.45) is 7.60. The van der Waals surface area contributed by atoms with Crippen molar-refractivity contribution in [1.29, 1.82) is 0 Å². The van der Waals surface area contributed by atoms with Gasteiger partial charge in [-0.25, -0.2) is 18.4 Å². The van der Waals surface area contributed by atoms with Crippen LogP contribution in [0.1, 0.15) is 40.3 Å². The Morgan fingerprint density at radius 2 is 1.80 bits per heavy atom. The van der Waals surface area contributed by atoms with Crippen molar-refractivity contribution in [1.82, 2.24) is 45.5 Å². The lowest BCUT2D eigenvalue weighted by Crippen LogP contribution is -2.49. The summed E-state index contributed by atoms with van der Waals surface area (Å²) >= 11 is 0. The van der Waals surface area contributed by atoms with Gasteiger partial charge in [0.15, 0.2) is 17.4 Å². The van der Waals surface area contributed by atoms with Crippen molar-refractivity contribution in [2.24, 2.45) is 0 Å². The number of aromatic amines is 1. The normalized spacial score (nSPS) is 15.8. The van der Waals surface area contributed by atoms with Crippen molar-refractivity contribution >= 4 is 34.1 Å². The average Bonchev–Trinajstić information content (AvgIpc) is 3.98. The lowest BCUT2D eigenvalue weighted by molar-refractivity contribution is -0.131. The van der Waals surface area contributed by atoms with Gasteiger partial charge in [-0.15, -0.1) is 5.53 Å². The first-order chi connectivity index (χ1) is 26.7. The molecule has 1 saturated heterocycles. The van der Waals surface area contributed by atoms with E-state index >= 15 is 4.39 Å². The standard InChI is InChI=1S/C40H42F2N10O3/c1-25-18-26(2)52(46-25)30-8-4-6-27(19-30)31-21-32(28-7-5-11-50(24-28)36(53)9-12-51-13-10-44-47-51)37(42)38-33(31)22-34(45-38)40(54)49-16-14-48(15-17-49)39-35(55-3)20-29(41)23-43-39/h4,6-8,10,13,18-23,44-45,47H,5,9,11-12,14-17,24H2,1-3H3. The number of amides is 2. The molecule has 5 aromatic rings. The Kier molecular flexibility index (Phi) is 9.69. The number of ether oxygens (including phenoxy) is 1. The van der Waals surface area contributed by atoms with Crippen LogP contribution in [0.2, 0.25) is 0 Å². The summed E-state index contributed by atoms with van der Waals surface area (Å²) in [5.41, 5.74) is 11.7. The first-order valence-electron chi connectivity index (χ1n) is 18.3. The third-order valence-corrected chi connectivity index (χ3v) is 10.3. The molecule has 2 aromatic carbocycles. The average molecular weight is 749 g/mol. The molecule has 55 heavy (non-hydrogen) atoms. The Bertz CT molecular complexity index is 2340. The minimum absolute atomic E-state index is 0.0199. The van der Waals surface area contributed by atoms with Crippen LogP contribution in [0.25, 0.3) is 33.3 Å². The van der Waals surface area contributed by atoms with E-state index in [4.69, 9.17) is 4.74 Å². The molecule has 0 spiro atoms. The largest absolute Gasteiger partial charge is 0.493 e. The molecule has 284 valence electrons. The fourth-order valence-corrected chi connectivity index (χ4v) is 7.58. The molecule has 3 N–H and O–H groups in total. The summed E-state index contributed by atoms with van der Waals surface area (Å²) < 4.78 is 37.9. The van der Waals surface area contributed by atoms with Crippen LogP contribution in [-0.2, 0) is 4.79 Å². The maximum Gasteiger partial charge on any atom is 0.270 e. The van der Waals surface area contributed by atoms with E-state index in [-0.39, 0.29) is 29.6 Å². The van der Waals surface area contributed by atoms with E-state index in [1.165, 1.54) is 13.2 Å². The number of fused-ring (bicyclic) bond motifs is 1. The van der Waals surface area contributed by atoms with Gasteiger partial charge in [-0.05, 0) is 67.3 Å². The fourth-order valence-electron chi connectivity index (χ4n) is 7.58. The number of aryl methyl sites for hydroxylation is 2. The Morgan fingerprint density at radius 3 is 2.55 bits per heavy atom. The zero-order valence-corrected chi connectivity index (χ0v) is 30.9. The van der Waals surface area contributed by atoms with Gasteiger partial charge in [0.1, 0.15) is 11.5 Å². The highest BCUT2D eigenvalue weighted by molar-refractivity contribution is 6.05. The second-order valence-electron chi connectivity index (χ2n) is 14.0. The molecule has 3 aromatic heterocycles. The number of halogens is 2. The molecule has 0 atom stereocenters. The Labute approximate surface area is 316 Å². The summed E-state index contributed by atoms with van der Waals surface area (Å²) in [5, 5.41) is 7.04. The molecular weight excluding hydrogens is 707 g/mol. The van der Waals surface area contributed by atoms with Crippen LogP contribution in [0.4, 0.5) is 14.6 Å². The van der Waals surface area contributed by atoms with Gasteiger partial charge in [0.2, 0.25) is 5.91 Å². The van der Waals surface area contributed by atoms with Crippen LogP contribution in [0.3, 0.4) is 0 Å². The number of anilines is 1. The number of carbonyl (C=O) groups excluding carboxylic acids is 2. The molecule has 8 rings (SSSR count). The first-order valence-corrected chi connectivity index (χ1v) is 18.3. The minimum Gasteiger partial charge on any atom is -0.493 e. The van der Waals surface area contributed by atoms with Crippen molar-refractivity contribution in [3.63, 3.8) is 0 Å². The van der Waals surface area contributed by atoms with Crippen LogP contribution >= 0.6 is 0 Å². The highest BCUT2D eigenvalue weighted by Crippen LogP contribution is 2.38. The molecule has 3 aliphatic heterocycles. The number of hydrazine groups is 2. The minimum atomic E-state index is -0.492. The number of aromatic nitrogens is 4. The van der Waals surface area contributed by atoms with Crippen molar-refractivity contribution in [3.05, 3.63) is 107 Å². The topological polar surface area (TPSA) is 127 Å². The number of carbonyl (C=O) groups is 2. The van der Waals surface area contributed by atoms with E-state index in [2.05, 4.69) is 26.0 Å². The maximum absolute atomic E-state index is 16.9. The third-order valence-electron chi connectivity index (χ3n) is 10.3. The molecule has 0 radical (unpaired) electrons. The zero-order valence-electron chi connectivity index (χ0n) is 30.9. The van der Waals surface area contributed by atoms with Crippen LogP contribution in [0, 0.1) is 25.5 Å². The van der Waals surface area contributed by atoms with E-state index in [9.17, 15) is 14.0 Å². The number of hydrogen-bond donors (Lipinski definition) is 3. The number of pyridine rings is 1. The quantitative estimate of drug-likeness (QED) is 0.189. The first kappa shape index (κ1) is 35.8. The summed E-state index contributed by atoms with van der Waals surface area (Å²) in [5.74, 6) is -0.416. The molecular formula is C40H42F2N10O3.